The van der Waals surface area contributed by atoms with Crippen LogP contribution >= 0.6 is 0 Å². The zero-order valence-corrected chi connectivity index (χ0v) is 12.2. The Bertz CT molecular complexity index is 799. The predicted molar refractivity (Wildman–Crippen MR) is 82.4 cm³/mol. The van der Waals surface area contributed by atoms with E-state index in [1.165, 1.54) is 0 Å². The van der Waals surface area contributed by atoms with Crippen molar-refractivity contribution in [3.05, 3.63) is 59.5 Å². The van der Waals surface area contributed by atoms with Gasteiger partial charge in [0, 0.05) is 29.4 Å². The number of para-hydroxylation sites is 1. The first-order chi connectivity index (χ1) is 10.2. The van der Waals surface area contributed by atoms with Crippen LogP contribution in [0.2, 0.25) is 0 Å². The molecule has 0 spiro atoms. The van der Waals surface area contributed by atoms with E-state index in [0.29, 0.717) is 12.0 Å². The van der Waals surface area contributed by atoms with Crippen LogP contribution in [-0.2, 0) is 13.0 Å². The Labute approximate surface area is 123 Å². The lowest BCUT2D eigenvalue weighted by atomic mass is 10.0. The molecular formula is C17H17N3O. The van der Waals surface area contributed by atoms with Crippen molar-refractivity contribution in [1.29, 1.82) is 0 Å². The summed E-state index contributed by atoms with van der Waals surface area (Å²) >= 11 is 0. The van der Waals surface area contributed by atoms with Crippen LogP contribution in [0.4, 0.5) is 0 Å². The van der Waals surface area contributed by atoms with E-state index >= 15 is 0 Å². The molecular weight excluding hydrogens is 262 g/mol. The number of hydrogen-bond donors (Lipinski definition) is 0. The van der Waals surface area contributed by atoms with Crippen LogP contribution in [0.15, 0.2) is 42.6 Å². The smallest absolute Gasteiger partial charge is 0.170 e. The highest BCUT2D eigenvalue weighted by Crippen LogP contribution is 2.18. The Morgan fingerprint density at radius 1 is 1.24 bits per heavy atom. The van der Waals surface area contributed by atoms with E-state index in [2.05, 4.69) is 10.1 Å². The first-order valence-electron chi connectivity index (χ1n) is 7.09. The molecule has 0 fully saturated rings. The molecule has 3 rings (SSSR count). The van der Waals surface area contributed by atoms with E-state index < -0.39 is 0 Å². The number of aromatic nitrogens is 3. The van der Waals surface area contributed by atoms with Gasteiger partial charge in [0.2, 0.25) is 0 Å². The summed E-state index contributed by atoms with van der Waals surface area (Å²) in [4.78, 5) is 17.0. The van der Waals surface area contributed by atoms with Crippen molar-refractivity contribution < 1.29 is 4.79 Å². The van der Waals surface area contributed by atoms with Gasteiger partial charge in [0.15, 0.2) is 5.78 Å². The van der Waals surface area contributed by atoms with Crippen molar-refractivity contribution in [3.63, 3.8) is 0 Å². The van der Waals surface area contributed by atoms with Gasteiger partial charge in [-0.15, -0.1) is 0 Å². The lowest BCUT2D eigenvalue weighted by molar-refractivity contribution is 0.0992. The van der Waals surface area contributed by atoms with Crippen molar-refractivity contribution in [2.75, 3.05) is 0 Å². The van der Waals surface area contributed by atoms with Crippen molar-refractivity contribution in [3.8, 4) is 0 Å². The molecule has 1 aromatic carbocycles. The molecule has 0 aliphatic heterocycles. The molecule has 0 bridgehead atoms. The van der Waals surface area contributed by atoms with Gasteiger partial charge in [-0.1, -0.05) is 18.2 Å². The van der Waals surface area contributed by atoms with Gasteiger partial charge in [0.05, 0.1) is 17.6 Å². The second-order valence-electron chi connectivity index (χ2n) is 5.07. The van der Waals surface area contributed by atoms with Gasteiger partial charge >= 0.3 is 0 Å². The lowest BCUT2D eigenvalue weighted by Gasteiger charge is -2.06. The Morgan fingerprint density at radius 2 is 2.05 bits per heavy atom. The molecule has 4 heteroatoms. The average molecular weight is 279 g/mol. The highest BCUT2D eigenvalue weighted by atomic mass is 16.1. The predicted octanol–water partition coefficient (Wildman–Crippen LogP) is 3.19. The molecule has 106 valence electrons. The van der Waals surface area contributed by atoms with Crippen LogP contribution in [0.25, 0.3) is 10.9 Å². The highest BCUT2D eigenvalue weighted by Gasteiger charge is 2.14. The van der Waals surface area contributed by atoms with E-state index in [1.807, 2.05) is 54.9 Å². The van der Waals surface area contributed by atoms with E-state index in [0.717, 1.165) is 28.8 Å². The fraction of sp³-hybridized carbons (Fsp3) is 0.235. The van der Waals surface area contributed by atoms with Crippen molar-refractivity contribution in [2.45, 2.75) is 26.8 Å². The molecule has 4 nitrogen and oxygen atoms in total. The van der Waals surface area contributed by atoms with Crippen molar-refractivity contribution in [2.24, 2.45) is 0 Å². The highest BCUT2D eigenvalue weighted by molar-refractivity contribution is 6.07. The zero-order valence-electron chi connectivity index (χ0n) is 12.2. The molecule has 2 heterocycles. The summed E-state index contributed by atoms with van der Waals surface area (Å²) in [7, 11) is 0. The Kier molecular flexibility index (Phi) is 3.52. The fourth-order valence-corrected chi connectivity index (χ4v) is 2.60. The summed E-state index contributed by atoms with van der Waals surface area (Å²) in [6, 6.07) is 11.5. The summed E-state index contributed by atoms with van der Waals surface area (Å²) in [5.74, 6) is 0.0777. The van der Waals surface area contributed by atoms with Crippen LogP contribution in [0.5, 0.6) is 0 Å². The minimum Gasteiger partial charge on any atom is -0.294 e. The number of ketones is 1. The third-order valence-electron chi connectivity index (χ3n) is 3.56. The molecule has 0 amide bonds. The Hall–Kier alpha value is -2.49. The molecule has 0 aliphatic carbocycles. The van der Waals surface area contributed by atoms with Gasteiger partial charge in [-0.05, 0) is 32.0 Å². The Balaban J connectivity index is 1.97. The minimum atomic E-state index is 0.0777. The molecule has 21 heavy (non-hydrogen) atoms. The number of fused-ring (bicyclic) bond motifs is 1. The second kappa shape index (κ2) is 5.48. The average Bonchev–Trinajstić information content (AvgIpc) is 2.86. The topological polar surface area (TPSA) is 47.8 Å². The quantitative estimate of drug-likeness (QED) is 0.689. The van der Waals surface area contributed by atoms with Gasteiger partial charge in [0.1, 0.15) is 0 Å². The molecule has 0 aliphatic rings. The maximum absolute atomic E-state index is 12.6. The van der Waals surface area contributed by atoms with Crippen LogP contribution in [-0.4, -0.2) is 20.5 Å². The van der Waals surface area contributed by atoms with Crippen LogP contribution < -0.4 is 0 Å². The third-order valence-corrected chi connectivity index (χ3v) is 3.56. The van der Waals surface area contributed by atoms with E-state index in [4.69, 9.17) is 0 Å². The number of pyridine rings is 1. The normalized spacial score (nSPS) is 11.0. The second-order valence-corrected chi connectivity index (χ2v) is 5.07. The van der Waals surface area contributed by atoms with Gasteiger partial charge in [-0.25, -0.2) is 0 Å². The summed E-state index contributed by atoms with van der Waals surface area (Å²) < 4.78 is 1.88. The van der Waals surface area contributed by atoms with Gasteiger partial charge in [0.25, 0.3) is 0 Å². The molecule has 0 saturated carbocycles. The molecule has 0 N–H and O–H groups in total. The first-order valence-corrected chi connectivity index (χ1v) is 7.09. The number of nitrogens with zero attached hydrogens (tertiary/aromatic N) is 3. The summed E-state index contributed by atoms with van der Waals surface area (Å²) in [5, 5.41) is 5.38. The molecule has 0 radical (unpaired) electrons. The van der Waals surface area contributed by atoms with Gasteiger partial charge < -0.3 is 0 Å². The number of carbonyl (C=O) groups is 1. The maximum Gasteiger partial charge on any atom is 0.170 e. The lowest BCUT2D eigenvalue weighted by Crippen LogP contribution is -2.10. The number of aryl methyl sites for hydroxylation is 2. The number of hydrogen-bond acceptors (Lipinski definition) is 3. The number of Topliss-reactive ketones (excluding diaryl/α,β-unsaturated/α-hetero) is 1. The third kappa shape index (κ3) is 2.57. The summed E-state index contributed by atoms with van der Waals surface area (Å²) in [5.41, 5.74) is 3.34. The van der Waals surface area contributed by atoms with E-state index in [1.54, 1.807) is 6.20 Å². The van der Waals surface area contributed by atoms with Crippen LogP contribution in [0.1, 0.15) is 28.7 Å². The molecule has 2 aromatic heterocycles. The first kappa shape index (κ1) is 13.5. The minimum absolute atomic E-state index is 0.0777. The summed E-state index contributed by atoms with van der Waals surface area (Å²) in [6.07, 6.45) is 2.07. The number of carbonyl (C=O) groups excluding carboxylic acids is 1. The SMILES string of the molecule is CCn1nc(C)cc1CC(=O)c1cccc2cccnc12. The number of benzene rings is 1. The largest absolute Gasteiger partial charge is 0.294 e. The van der Waals surface area contributed by atoms with Crippen molar-refractivity contribution in [1.82, 2.24) is 14.8 Å². The van der Waals surface area contributed by atoms with Crippen LogP contribution in [0.3, 0.4) is 0 Å². The maximum atomic E-state index is 12.6. The number of rotatable bonds is 4. The summed E-state index contributed by atoms with van der Waals surface area (Å²) in [6.45, 7) is 4.74. The Morgan fingerprint density at radius 3 is 2.86 bits per heavy atom. The zero-order chi connectivity index (χ0) is 14.8. The molecule has 0 atom stereocenters. The monoisotopic (exact) mass is 279 g/mol. The molecule has 0 saturated heterocycles. The standard InChI is InChI=1S/C17H17N3O/c1-3-20-14(10-12(2)19-20)11-16(21)15-8-4-6-13-7-5-9-18-17(13)15/h4-10H,3,11H2,1-2H3. The van der Waals surface area contributed by atoms with Gasteiger partial charge in [-0.3, -0.25) is 14.5 Å². The van der Waals surface area contributed by atoms with Crippen molar-refractivity contribution >= 4 is 16.7 Å². The van der Waals surface area contributed by atoms with E-state index in [-0.39, 0.29) is 5.78 Å². The van der Waals surface area contributed by atoms with Crippen LogP contribution in [0, 0.1) is 6.92 Å². The van der Waals surface area contributed by atoms with E-state index in [9.17, 15) is 4.79 Å². The van der Waals surface area contributed by atoms with Gasteiger partial charge in [-0.2, -0.15) is 5.10 Å². The fourth-order valence-electron chi connectivity index (χ4n) is 2.60. The molecule has 0 unspecified atom stereocenters. The molecule has 3 aromatic rings.